The summed E-state index contributed by atoms with van der Waals surface area (Å²) in [5.74, 6) is 0.0572. The molecule has 0 aromatic rings. The first-order valence-electron chi connectivity index (χ1n) is 7.08. The van der Waals surface area contributed by atoms with Gasteiger partial charge in [-0.2, -0.15) is 0 Å². The minimum Gasteiger partial charge on any atom is -0.343 e. The maximum absolute atomic E-state index is 12.4. The van der Waals surface area contributed by atoms with E-state index in [0.29, 0.717) is 12.8 Å². The molecule has 0 spiro atoms. The minimum absolute atomic E-state index is 0.00236. The summed E-state index contributed by atoms with van der Waals surface area (Å²) in [7, 11) is 0. The zero-order valence-electron chi connectivity index (χ0n) is 12.2. The topological polar surface area (TPSA) is 49.4 Å². The zero-order chi connectivity index (χ0) is 13.9. The Labute approximate surface area is 110 Å². The van der Waals surface area contributed by atoms with E-state index in [1.165, 1.54) is 0 Å². The third kappa shape index (κ3) is 2.25. The third-order valence-corrected chi connectivity index (χ3v) is 4.16. The fourth-order valence-corrected chi connectivity index (χ4v) is 3.02. The Balaban J connectivity index is 3.16. The van der Waals surface area contributed by atoms with Crippen LogP contribution in [0.15, 0.2) is 0 Å². The highest BCUT2D eigenvalue weighted by Crippen LogP contribution is 2.31. The first kappa shape index (κ1) is 15.0. The van der Waals surface area contributed by atoms with Gasteiger partial charge in [-0.15, -0.1) is 0 Å². The number of hydrogen-bond donors (Lipinski definition) is 1. The Bertz CT molecular complexity index is 324. The standard InChI is InChI=1S/C14H26N2O2/c1-6-9-10(4)16-12(17)11(5)15-13(18)14(16,7-2)8-3/h10-11H,6-9H2,1-5H3,(H,15,18). The van der Waals surface area contributed by atoms with Gasteiger partial charge in [0.25, 0.3) is 0 Å². The fourth-order valence-electron chi connectivity index (χ4n) is 3.02. The van der Waals surface area contributed by atoms with Crippen LogP contribution in [0.5, 0.6) is 0 Å². The van der Waals surface area contributed by atoms with E-state index in [9.17, 15) is 9.59 Å². The summed E-state index contributed by atoms with van der Waals surface area (Å²) >= 11 is 0. The molecule has 1 fully saturated rings. The maximum atomic E-state index is 12.4. The Morgan fingerprint density at radius 1 is 1.28 bits per heavy atom. The van der Waals surface area contributed by atoms with Crippen LogP contribution in [0.2, 0.25) is 0 Å². The lowest BCUT2D eigenvalue weighted by atomic mass is 9.84. The second kappa shape index (κ2) is 5.72. The van der Waals surface area contributed by atoms with Crippen LogP contribution in [-0.4, -0.2) is 34.3 Å². The molecule has 0 aromatic heterocycles. The number of amides is 2. The van der Waals surface area contributed by atoms with Gasteiger partial charge in [0.1, 0.15) is 11.6 Å². The highest BCUT2D eigenvalue weighted by atomic mass is 16.2. The summed E-state index contributed by atoms with van der Waals surface area (Å²) in [6.45, 7) is 9.89. The molecule has 0 aliphatic carbocycles. The summed E-state index contributed by atoms with van der Waals surface area (Å²) in [4.78, 5) is 26.6. The van der Waals surface area contributed by atoms with Crippen molar-refractivity contribution in [3.63, 3.8) is 0 Å². The highest BCUT2D eigenvalue weighted by Gasteiger charge is 2.50. The van der Waals surface area contributed by atoms with E-state index >= 15 is 0 Å². The molecule has 1 saturated heterocycles. The number of nitrogens with zero attached hydrogens (tertiary/aromatic N) is 1. The molecule has 18 heavy (non-hydrogen) atoms. The molecule has 2 amide bonds. The van der Waals surface area contributed by atoms with Crippen LogP contribution in [0.25, 0.3) is 0 Å². The fraction of sp³-hybridized carbons (Fsp3) is 0.857. The molecule has 1 heterocycles. The average Bonchev–Trinajstić information content (AvgIpc) is 2.34. The number of carbonyl (C=O) groups is 2. The van der Waals surface area contributed by atoms with Crippen molar-refractivity contribution < 1.29 is 9.59 Å². The van der Waals surface area contributed by atoms with Gasteiger partial charge in [-0.1, -0.05) is 27.2 Å². The molecule has 4 nitrogen and oxygen atoms in total. The molecule has 1 rings (SSSR count). The van der Waals surface area contributed by atoms with E-state index in [4.69, 9.17) is 0 Å². The Kier molecular flexibility index (Phi) is 4.77. The van der Waals surface area contributed by atoms with Gasteiger partial charge in [-0.05, 0) is 33.1 Å². The quantitative estimate of drug-likeness (QED) is 0.816. The normalized spacial score (nSPS) is 24.9. The second-order valence-corrected chi connectivity index (χ2v) is 5.28. The van der Waals surface area contributed by atoms with Crippen molar-refractivity contribution in [3.8, 4) is 0 Å². The lowest BCUT2D eigenvalue weighted by molar-refractivity contribution is -0.161. The molecule has 0 aromatic carbocycles. The lowest BCUT2D eigenvalue weighted by Gasteiger charge is -2.50. The average molecular weight is 254 g/mol. The molecule has 1 aliphatic heterocycles. The van der Waals surface area contributed by atoms with E-state index in [1.54, 1.807) is 6.92 Å². The van der Waals surface area contributed by atoms with Gasteiger partial charge in [0.15, 0.2) is 0 Å². The first-order valence-corrected chi connectivity index (χ1v) is 7.08. The molecule has 0 radical (unpaired) electrons. The lowest BCUT2D eigenvalue weighted by Crippen LogP contribution is -2.71. The zero-order valence-corrected chi connectivity index (χ0v) is 12.2. The smallest absolute Gasteiger partial charge is 0.246 e. The minimum atomic E-state index is -0.655. The number of hydrogen-bond acceptors (Lipinski definition) is 2. The summed E-state index contributed by atoms with van der Waals surface area (Å²) in [6.07, 6.45) is 3.29. The van der Waals surface area contributed by atoms with Gasteiger partial charge in [-0.3, -0.25) is 9.59 Å². The summed E-state index contributed by atoms with van der Waals surface area (Å²) in [6, 6.07) is -0.279. The molecule has 0 saturated carbocycles. The maximum Gasteiger partial charge on any atom is 0.246 e. The summed E-state index contributed by atoms with van der Waals surface area (Å²) in [5, 5.41) is 2.82. The van der Waals surface area contributed by atoms with Crippen LogP contribution in [0.4, 0.5) is 0 Å². The van der Waals surface area contributed by atoms with Crippen LogP contribution in [-0.2, 0) is 9.59 Å². The van der Waals surface area contributed by atoms with Crippen molar-refractivity contribution in [1.29, 1.82) is 0 Å². The van der Waals surface area contributed by atoms with Crippen LogP contribution >= 0.6 is 0 Å². The predicted molar refractivity (Wildman–Crippen MR) is 72.1 cm³/mol. The van der Waals surface area contributed by atoms with Gasteiger partial charge < -0.3 is 10.2 Å². The van der Waals surface area contributed by atoms with E-state index < -0.39 is 11.6 Å². The number of piperazine rings is 1. The molecule has 1 aliphatic rings. The Morgan fingerprint density at radius 2 is 1.83 bits per heavy atom. The van der Waals surface area contributed by atoms with Gasteiger partial charge >= 0.3 is 0 Å². The number of rotatable bonds is 5. The van der Waals surface area contributed by atoms with Crippen LogP contribution < -0.4 is 5.32 Å². The van der Waals surface area contributed by atoms with Crippen molar-refractivity contribution in [3.05, 3.63) is 0 Å². The SMILES string of the molecule is CCCC(C)N1C(=O)C(C)NC(=O)C1(CC)CC. The predicted octanol–water partition coefficient (Wildman–Crippen LogP) is 2.08. The third-order valence-electron chi connectivity index (χ3n) is 4.16. The van der Waals surface area contributed by atoms with Crippen molar-refractivity contribution in [2.75, 3.05) is 0 Å². The summed E-state index contributed by atoms with van der Waals surface area (Å²) < 4.78 is 0. The molecule has 2 unspecified atom stereocenters. The van der Waals surface area contributed by atoms with Gasteiger partial charge in [0.2, 0.25) is 11.8 Å². The first-order chi connectivity index (χ1) is 8.44. The molecule has 0 bridgehead atoms. The molecule has 1 N–H and O–H groups in total. The number of nitrogens with one attached hydrogen (secondary N) is 1. The molecular formula is C14H26N2O2. The van der Waals surface area contributed by atoms with Gasteiger partial charge in [0, 0.05) is 6.04 Å². The number of carbonyl (C=O) groups excluding carboxylic acids is 2. The molecule has 104 valence electrons. The van der Waals surface area contributed by atoms with Crippen LogP contribution in [0.3, 0.4) is 0 Å². The molecule has 2 atom stereocenters. The second-order valence-electron chi connectivity index (χ2n) is 5.28. The molecular weight excluding hydrogens is 228 g/mol. The van der Waals surface area contributed by atoms with Crippen molar-refractivity contribution in [2.45, 2.75) is 77.9 Å². The van der Waals surface area contributed by atoms with Crippen molar-refractivity contribution >= 4 is 11.8 Å². The molecule has 4 heteroatoms. The summed E-state index contributed by atoms with van der Waals surface area (Å²) in [5.41, 5.74) is -0.655. The van der Waals surface area contributed by atoms with Crippen LogP contribution in [0, 0.1) is 0 Å². The largest absolute Gasteiger partial charge is 0.343 e. The Morgan fingerprint density at radius 3 is 2.28 bits per heavy atom. The Hall–Kier alpha value is -1.06. The van der Waals surface area contributed by atoms with Crippen molar-refractivity contribution in [1.82, 2.24) is 10.2 Å². The monoisotopic (exact) mass is 254 g/mol. The van der Waals surface area contributed by atoms with E-state index in [-0.39, 0.29) is 17.9 Å². The van der Waals surface area contributed by atoms with E-state index in [1.807, 2.05) is 25.7 Å². The van der Waals surface area contributed by atoms with Crippen molar-refractivity contribution in [2.24, 2.45) is 0 Å². The van der Waals surface area contributed by atoms with Crippen LogP contribution in [0.1, 0.15) is 60.3 Å². The highest BCUT2D eigenvalue weighted by molar-refractivity contribution is 5.99. The van der Waals surface area contributed by atoms with E-state index in [2.05, 4.69) is 12.2 Å². The van der Waals surface area contributed by atoms with E-state index in [0.717, 1.165) is 12.8 Å². The van der Waals surface area contributed by atoms with Gasteiger partial charge in [0.05, 0.1) is 0 Å². The van der Waals surface area contributed by atoms with Gasteiger partial charge in [-0.25, -0.2) is 0 Å².